The van der Waals surface area contributed by atoms with Crippen LogP contribution < -0.4 is 5.32 Å². The quantitative estimate of drug-likeness (QED) is 0.585. The van der Waals surface area contributed by atoms with Crippen LogP contribution in [-0.4, -0.2) is 27.6 Å². The third-order valence-electron chi connectivity index (χ3n) is 5.59. The van der Waals surface area contributed by atoms with E-state index in [0.29, 0.717) is 11.7 Å². The van der Waals surface area contributed by atoms with E-state index in [-0.39, 0.29) is 13.2 Å². The molecule has 0 radical (unpaired) electrons. The van der Waals surface area contributed by atoms with E-state index >= 15 is 0 Å². The van der Waals surface area contributed by atoms with E-state index in [4.69, 9.17) is 9.84 Å². The van der Waals surface area contributed by atoms with Crippen molar-refractivity contribution in [3.63, 3.8) is 0 Å². The third kappa shape index (κ3) is 5.69. The molecular formula is C25H27N3O3. The number of ether oxygens (including phenoxy) is 1. The summed E-state index contributed by atoms with van der Waals surface area (Å²) in [5, 5.41) is 11.8. The molecule has 6 heteroatoms. The molecule has 1 fully saturated rings. The molecule has 3 aromatic rings. The van der Waals surface area contributed by atoms with Crippen LogP contribution in [0.25, 0.3) is 0 Å². The number of anilines is 1. The summed E-state index contributed by atoms with van der Waals surface area (Å²) < 4.78 is 5.28. The fourth-order valence-electron chi connectivity index (χ4n) is 3.94. The van der Waals surface area contributed by atoms with Crippen LogP contribution in [0.5, 0.6) is 0 Å². The number of aliphatic hydroxyl groups excluding tert-OH is 1. The summed E-state index contributed by atoms with van der Waals surface area (Å²) in [5.74, 6) is 0. The first-order chi connectivity index (χ1) is 15.2. The molecule has 2 N–H and O–H groups in total. The van der Waals surface area contributed by atoms with Crippen molar-refractivity contribution in [1.29, 1.82) is 0 Å². The highest BCUT2D eigenvalue weighted by molar-refractivity contribution is 5.84. The first-order valence-electron chi connectivity index (χ1n) is 10.6. The molecule has 1 aliphatic heterocycles. The second-order valence-corrected chi connectivity index (χ2v) is 7.79. The van der Waals surface area contributed by atoms with Gasteiger partial charge in [-0.1, -0.05) is 42.5 Å². The van der Waals surface area contributed by atoms with E-state index in [2.05, 4.69) is 21.3 Å². The number of carbonyl (C=O) groups excluding carboxylic acids is 1. The summed E-state index contributed by atoms with van der Waals surface area (Å²) in [6, 6.07) is 19.8. The Hall–Kier alpha value is -3.22. The molecule has 6 nitrogen and oxygen atoms in total. The number of aromatic nitrogens is 1. The zero-order valence-electron chi connectivity index (χ0n) is 17.4. The van der Waals surface area contributed by atoms with E-state index in [1.807, 2.05) is 67.0 Å². The van der Waals surface area contributed by atoms with E-state index < -0.39 is 6.09 Å². The summed E-state index contributed by atoms with van der Waals surface area (Å²) in [4.78, 5) is 18.8. The highest BCUT2D eigenvalue weighted by Crippen LogP contribution is 2.32. The smallest absolute Gasteiger partial charge is 0.411 e. The van der Waals surface area contributed by atoms with Gasteiger partial charge in [-0.15, -0.1) is 0 Å². The molecule has 0 saturated carbocycles. The number of hydrogen-bond donors (Lipinski definition) is 2. The van der Waals surface area contributed by atoms with Gasteiger partial charge in [-0.3, -0.25) is 15.2 Å². The summed E-state index contributed by atoms with van der Waals surface area (Å²) in [6.45, 7) is 2.12. The molecular weight excluding hydrogens is 390 g/mol. The van der Waals surface area contributed by atoms with Gasteiger partial charge in [0, 0.05) is 30.7 Å². The van der Waals surface area contributed by atoms with Gasteiger partial charge in [-0.25, -0.2) is 4.79 Å². The van der Waals surface area contributed by atoms with Crippen molar-refractivity contribution in [1.82, 2.24) is 9.88 Å². The lowest BCUT2D eigenvalue weighted by molar-refractivity contribution is 0.155. The van der Waals surface area contributed by atoms with Crippen molar-refractivity contribution in [2.75, 3.05) is 11.9 Å². The summed E-state index contributed by atoms with van der Waals surface area (Å²) >= 11 is 0. The van der Waals surface area contributed by atoms with Crippen molar-refractivity contribution in [3.05, 3.63) is 95.3 Å². The van der Waals surface area contributed by atoms with Crippen LogP contribution in [0.4, 0.5) is 10.5 Å². The third-order valence-corrected chi connectivity index (χ3v) is 5.59. The molecule has 2 aromatic carbocycles. The Morgan fingerprint density at radius 2 is 1.81 bits per heavy atom. The van der Waals surface area contributed by atoms with E-state index in [0.717, 1.165) is 30.6 Å². The van der Waals surface area contributed by atoms with E-state index in [1.165, 1.54) is 17.5 Å². The molecule has 1 aromatic heterocycles. The van der Waals surface area contributed by atoms with Gasteiger partial charge in [0.1, 0.15) is 6.61 Å². The molecule has 31 heavy (non-hydrogen) atoms. The average molecular weight is 418 g/mol. The second kappa shape index (κ2) is 10.2. The van der Waals surface area contributed by atoms with Gasteiger partial charge in [-0.05, 0) is 59.8 Å². The van der Waals surface area contributed by atoms with Crippen molar-refractivity contribution in [2.24, 2.45) is 0 Å². The predicted molar refractivity (Wildman–Crippen MR) is 119 cm³/mol. The zero-order valence-corrected chi connectivity index (χ0v) is 17.4. The maximum Gasteiger partial charge on any atom is 0.411 e. The molecule has 0 aliphatic carbocycles. The first-order valence-corrected chi connectivity index (χ1v) is 10.6. The van der Waals surface area contributed by atoms with Crippen molar-refractivity contribution in [3.8, 4) is 0 Å². The molecule has 1 atom stereocenters. The largest absolute Gasteiger partial charge is 0.444 e. The highest BCUT2D eigenvalue weighted by Gasteiger charge is 2.25. The fourth-order valence-corrected chi connectivity index (χ4v) is 3.94. The Kier molecular flexibility index (Phi) is 6.92. The van der Waals surface area contributed by atoms with E-state index in [9.17, 15) is 4.79 Å². The van der Waals surface area contributed by atoms with Crippen LogP contribution in [0.3, 0.4) is 0 Å². The minimum Gasteiger partial charge on any atom is -0.444 e. The van der Waals surface area contributed by atoms with Gasteiger partial charge in [-0.2, -0.15) is 0 Å². The maximum atomic E-state index is 12.1. The van der Waals surface area contributed by atoms with Gasteiger partial charge in [0.2, 0.25) is 0 Å². The maximum absolute atomic E-state index is 12.1. The molecule has 0 spiro atoms. The van der Waals surface area contributed by atoms with Crippen molar-refractivity contribution in [2.45, 2.75) is 38.6 Å². The summed E-state index contributed by atoms with van der Waals surface area (Å²) in [6.07, 6.45) is 5.62. The second-order valence-electron chi connectivity index (χ2n) is 7.79. The summed E-state index contributed by atoms with van der Waals surface area (Å²) in [7, 11) is 0. The number of carbonyl (C=O) groups is 1. The Labute approximate surface area is 182 Å². The molecule has 1 saturated heterocycles. The lowest BCUT2D eigenvalue weighted by Gasteiger charge is -2.24. The van der Waals surface area contributed by atoms with Gasteiger partial charge < -0.3 is 9.84 Å². The summed E-state index contributed by atoms with van der Waals surface area (Å²) in [5.41, 5.74) is 4.88. The minimum atomic E-state index is -0.491. The Bertz CT molecular complexity index is 975. The first kappa shape index (κ1) is 21.0. The van der Waals surface area contributed by atoms with Crippen molar-refractivity contribution < 1.29 is 14.6 Å². The molecule has 4 rings (SSSR count). The van der Waals surface area contributed by atoms with Gasteiger partial charge in [0.25, 0.3) is 0 Å². The lowest BCUT2D eigenvalue weighted by Crippen LogP contribution is -2.22. The molecule has 160 valence electrons. The molecule has 1 amide bonds. The Morgan fingerprint density at radius 1 is 1.06 bits per heavy atom. The highest BCUT2D eigenvalue weighted by atomic mass is 16.5. The van der Waals surface area contributed by atoms with Crippen LogP contribution >= 0.6 is 0 Å². The number of benzene rings is 2. The number of nitrogens with zero attached hydrogens (tertiary/aromatic N) is 2. The number of amides is 1. The van der Waals surface area contributed by atoms with Gasteiger partial charge in [0.15, 0.2) is 0 Å². The number of hydrogen-bond acceptors (Lipinski definition) is 5. The molecule has 0 bridgehead atoms. The van der Waals surface area contributed by atoms with Gasteiger partial charge >= 0.3 is 6.09 Å². The topological polar surface area (TPSA) is 74.7 Å². The fraction of sp³-hybridized carbons (Fsp3) is 0.280. The average Bonchev–Trinajstić information content (AvgIpc) is 3.28. The van der Waals surface area contributed by atoms with Crippen LogP contribution in [0.2, 0.25) is 0 Å². The predicted octanol–water partition coefficient (Wildman–Crippen LogP) is 4.66. The standard InChI is InChI=1S/C25H27N3O3/c29-17-20-5-7-21(8-6-20)18-31-25(30)27-23-11-9-19(10-12-23)16-28-14-2-4-24(28)22-3-1-13-26-15-22/h1,3,5-13,15,24,29H,2,4,14,16-18H2,(H,27,30)/t24-/m1/s1. The number of pyridine rings is 1. The minimum absolute atomic E-state index is 0.000498. The van der Waals surface area contributed by atoms with E-state index in [1.54, 1.807) is 0 Å². The SMILES string of the molecule is O=C(Nc1ccc(CN2CCC[C@@H]2c2cccnc2)cc1)OCc1ccc(CO)cc1. The van der Waals surface area contributed by atoms with Crippen LogP contribution in [0.15, 0.2) is 73.1 Å². The molecule has 0 unspecified atom stereocenters. The number of likely N-dealkylation sites (tertiary alicyclic amines) is 1. The number of rotatable bonds is 7. The van der Waals surface area contributed by atoms with Crippen molar-refractivity contribution >= 4 is 11.8 Å². The monoisotopic (exact) mass is 417 g/mol. The zero-order chi connectivity index (χ0) is 21.5. The van der Waals surface area contributed by atoms with Crippen LogP contribution in [0.1, 0.15) is 41.1 Å². The lowest BCUT2D eigenvalue weighted by atomic mass is 10.1. The van der Waals surface area contributed by atoms with Crippen LogP contribution in [-0.2, 0) is 24.5 Å². The van der Waals surface area contributed by atoms with Crippen LogP contribution in [0, 0.1) is 0 Å². The number of nitrogens with one attached hydrogen (secondary N) is 1. The normalized spacial score (nSPS) is 16.2. The Balaban J connectivity index is 1.28. The number of aliphatic hydroxyl groups is 1. The molecule has 2 heterocycles. The van der Waals surface area contributed by atoms with Gasteiger partial charge in [0.05, 0.1) is 6.61 Å². The Morgan fingerprint density at radius 3 is 2.52 bits per heavy atom. The molecule has 1 aliphatic rings.